The molecule has 0 aliphatic carbocycles. The number of rotatable bonds is 7. The number of hydrogen-bond acceptors (Lipinski definition) is 4. The standard InChI is InChI=1S/C19H22N2O4/c1-24-16-10-8-14(9-11-16)12-13-20-19(23)21-17(18(22)25-2)15-6-4-3-5-7-15/h3-11,17H,12-13H2,1-2H3,(H2,20,21,23). The Balaban J connectivity index is 1.87. The van der Waals surface area contributed by atoms with Gasteiger partial charge in [0.15, 0.2) is 6.04 Å². The molecule has 2 aromatic rings. The lowest BCUT2D eigenvalue weighted by atomic mass is 10.1. The van der Waals surface area contributed by atoms with Crippen molar-refractivity contribution < 1.29 is 19.1 Å². The first-order valence-corrected chi connectivity index (χ1v) is 7.94. The fraction of sp³-hybridized carbons (Fsp3) is 0.263. The number of hydrogen-bond donors (Lipinski definition) is 2. The van der Waals surface area contributed by atoms with Crippen LogP contribution in [0, 0.1) is 0 Å². The summed E-state index contributed by atoms with van der Waals surface area (Å²) in [7, 11) is 2.91. The molecule has 2 aromatic carbocycles. The van der Waals surface area contributed by atoms with E-state index < -0.39 is 18.0 Å². The van der Waals surface area contributed by atoms with Crippen LogP contribution in [0.1, 0.15) is 17.2 Å². The van der Waals surface area contributed by atoms with Gasteiger partial charge in [-0.1, -0.05) is 42.5 Å². The van der Waals surface area contributed by atoms with E-state index in [2.05, 4.69) is 10.6 Å². The molecule has 2 amide bonds. The van der Waals surface area contributed by atoms with Crippen LogP contribution in [0.15, 0.2) is 54.6 Å². The summed E-state index contributed by atoms with van der Waals surface area (Å²) in [5.74, 6) is 0.273. The molecule has 6 heteroatoms. The molecule has 0 saturated carbocycles. The van der Waals surface area contributed by atoms with Crippen LogP contribution in [0.4, 0.5) is 4.79 Å². The lowest BCUT2D eigenvalue weighted by Gasteiger charge is -2.17. The van der Waals surface area contributed by atoms with E-state index in [1.165, 1.54) is 7.11 Å². The van der Waals surface area contributed by atoms with Gasteiger partial charge in [-0.25, -0.2) is 9.59 Å². The van der Waals surface area contributed by atoms with Crippen molar-refractivity contribution in [3.05, 3.63) is 65.7 Å². The van der Waals surface area contributed by atoms with Gasteiger partial charge in [0, 0.05) is 6.54 Å². The third kappa shape index (κ3) is 5.53. The van der Waals surface area contributed by atoms with Crippen LogP contribution < -0.4 is 15.4 Å². The number of esters is 1. The van der Waals surface area contributed by atoms with Crippen molar-refractivity contribution in [2.24, 2.45) is 0 Å². The SMILES string of the molecule is COC(=O)C(NC(=O)NCCc1ccc(OC)cc1)c1ccccc1. The first-order valence-electron chi connectivity index (χ1n) is 7.94. The van der Waals surface area contributed by atoms with Crippen molar-refractivity contribution >= 4 is 12.0 Å². The summed E-state index contributed by atoms with van der Waals surface area (Å²) < 4.78 is 9.88. The molecule has 132 valence electrons. The molecule has 1 atom stereocenters. The third-order valence-corrected chi connectivity index (χ3v) is 3.70. The highest BCUT2D eigenvalue weighted by Gasteiger charge is 2.23. The van der Waals surface area contributed by atoms with Gasteiger partial charge in [-0.05, 0) is 29.7 Å². The van der Waals surface area contributed by atoms with Crippen molar-refractivity contribution in [3.63, 3.8) is 0 Å². The summed E-state index contributed by atoms with van der Waals surface area (Å²) in [6.07, 6.45) is 0.672. The minimum absolute atomic E-state index is 0.423. The molecule has 25 heavy (non-hydrogen) atoms. The molecule has 0 aromatic heterocycles. The fourth-order valence-corrected chi connectivity index (χ4v) is 2.34. The van der Waals surface area contributed by atoms with E-state index in [0.717, 1.165) is 11.3 Å². The molecule has 0 aliphatic rings. The average Bonchev–Trinajstić information content (AvgIpc) is 2.66. The zero-order chi connectivity index (χ0) is 18.1. The molecule has 0 radical (unpaired) electrons. The van der Waals surface area contributed by atoms with Crippen LogP contribution in [0.25, 0.3) is 0 Å². The van der Waals surface area contributed by atoms with E-state index in [-0.39, 0.29) is 0 Å². The highest BCUT2D eigenvalue weighted by Crippen LogP contribution is 2.14. The van der Waals surface area contributed by atoms with Gasteiger partial charge in [0.05, 0.1) is 14.2 Å². The van der Waals surface area contributed by atoms with Gasteiger partial charge in [0.1, 0.15) is 5.75 Å². The zero-order valence-corrected chi connectivity index (χ0v) is 14.3. The summed E-state index contributed by atoms with van der Waals surface area (Å²) in [6, 6.07) is 15.3. The molecule has 0 aliphatic heterocycles. The monoisotopic (exact) mass is 342 g/mol. The van der Waals surface area contributed by atoms with E-state index >= 15 is 0 Å². The van der Waals surface area contributed by atoms with E-state index in [1.54, 1.807) is 31.4 Å². The Kier molecular flexibility index (Phi) is 6.83. The first-order chi connectivity index (χ1) is 12.1. The van der Waals surface area contributed by atoms with Gasteiger partial charge in [0.25, 0.3) is 0 Å². The van der Waals surface area contributed by atoms with E-state index in [1.807, 2.05) is 30.3 Å². The number of urea groups is 1. The highest BCUT2D eigenvalue weighted by atomic mass is 16.5. The van der Waals surface area contributed by atoms with Crippen molar-refractivity contribution in [1.29, 1.82) is 0 Å². The Morgan fingerprint density at radius 1 is 1.00 bits per heavy atom. The minimum Gasteiger partial charge on any atom is -0.497 e. The van der Waals surface area contributed by atoms with Gasteiger partial charge in [-0.2, -0.15) is 0 Å². The Morgan fingerprint density at radius 2 is 1.68 bits per heavy atom. The molecule has 0 fully saturated rings. The van der Waals surface area contributed by atoms with Gasteiger partial charge >= 0.3 is 12.0 Å². The number of nitrogens with one attached hydrogen (secondary N) is 2. The van der Waals surface area contributed by atoms with Gasteiger partial charge in [0.2, 0.25) is 0 Å². The molecule has 6 nitrogen and oxygen atoms in total. The average molecular weight is 342 g/mol. The zero-order valence-electron chi connectivity index (χ0n) is 14.3. The summed E-state index contributed by atoms with van der Waals surface area (Å²) in [6.45, 7) is 0.445. The van der Waals surface area contributed by atoms with Gasteiger partial charge in [-0.15, -0.1) is 0 Å². The summed E-state index contributed by atoms with van der Waals surface area (Å²) in [5.41, 5.74) is 1.74. The second-order valence-electron chi connectivity index (χ2n) is 5.37. The van der Waals surface area contributed by atoms with Crippen LogP contribution in [0.2, 0.25) is 0 Å². The number of methoxy groups -OCH3 is 2. The molecule has 0 spiro atoms. The van der Waals surface area contributed by atoms with Crippen LogP contribution >= 0.6 is 0 Å². The second-order valence-corrected chi connectivity index (χ2v) is 5.37. The van der Waals surface area contributed by atoms with Crippen molar-refractivity contribution in [1.82, 2.24) is 10.6 Å². The largest absolute Gasteiger partial charge is 0.497 e. The predicted molar refractivity (Wildman–Crippen MR) is 94.4 cm³/mol. The maximum Gasteiger partial charge on any atom is 0.333 e. The van der Waals surface area contributed by atoms with Gasteiger partial charge < -0.3 is 20.1 Å². The highest BCUT2D eigenvalue weighted by molar-refractivity contribution is 5.84. The van der Waals surface area contributed by atoms with E-state index in [4.69, 9.17) is 9.47 Å². The molecule has 0 saturated heterocycles. The van der Waals surface area contributed by atoms with Crippen LogP contribution in [-0.4, -0.2) is 32.8 Å². The molecule has 0 bridgehead atoms. The maximum absolute atomic E-state index is 12.1. The Morgan fingerprint density at radius 3 is 2.28 bits per heavy atom. The Hall–Kier alpha value is -3.02. The number of amides is 2. The Bertz CT molecular complexity index is 686. The minimum atomic E-state index is -0.841. The van der Waals surface area contributed by atoms with E-state index in [9.17, 15) is 9.59 Å². The first kappa shape index (κ1) is 18.3. The molecule has 2 N–H and O–H groups in total. The quantitative estimate of drug-likeness (QED) is 0.758. The Labute approximate surface area is 147 Å². The van der Waals surface area contributed by atoms with Crippen molar-refractivity contribution in [3.8, 4) is 5.75 Å². The lowest BCUT2D eigenvalue weighted by molar-refractivity contribution is -0.143. The van der Waals surface area contributed by atoms with Crippen LogP contribution in [0.5, 0.6) is 5.75 Å². The normalized spacial score (nSPS) is 11.3. The summed E-state index contributed by atoms with van der Waals surface area (Å²) >= 11 is 0. The maximum atomic E-state index is 12.1. The van der Waals surface area contributed by atoms with Gasteiger partial charge in [-0.3, -0.25) is 0 Å². The van der Waals surface area contributed by atoms with Crippen molar-refractivity contribution in [2.75, 3.05) is 20.8 Å². The van der Waals surface area contributed by atoms with Crippen molar-refractivity contribution in [2.45, 2.75) is 12.5 Å². The number of ether oxygens (including phenoxy) is 2. The molecule has 0 heterocycles. The number of carbonyl (C=O) groups excluding carboxylic acids is 2. The predicted octanol–water partition coefficient (Wildman–Crippen LogP) is 2.45. The summed E-state index contributed by atoms with van der Waals surface area (Å²) in [4.78, 5) is 24.0. The number of carbonyl (C=O) groups is 2. The van der Waals surface area contributed by atoms with E-state index in [0.29, 0.717) is 18.5 Å². The molecule has 1 unspecified atom stereocenters. The van der Waals surface area contributed by atoms with Crippen LogP contribution in [-0.2, 0) is 16.0 Å². The van der Waals surface area contributed by atoms with Crippen LogP contribution in [0.3, 0.4) is 0 Å². The topological polar surface area (TPSA) is 76.7 Å². The number of benzene rings is 2. The smallest absolute Gasteiger partial charge is 0.333 e. The lowest BCUT2D eigenvalue weighted by Crippen LogP contribution is -2.41. The fourth-order valence-electron chi connectivity index (χ4n) is 2.34. The molecule has 2 rings (SSSR count). The molecular weight excluding hydrogens is 320 g/mol. The molecular formula is C19H22N2O4. The second kappa shape index (κ2) is 9.32. The summed E-state index contributed by atoms with van der Waals surface area (Å²) in [5, 5.41) is 5.39. The third-order valence-electron chi connectivity index (χ3n) is 3.70.